The molecular formula is C14H10FN3O2. The highest BCUT2D eigenvalue weighted by molar-refractivity contribution is 5.78. The number of nitro groups is 1. The van der Waals surface area contributed by atoms with E-state index in [1.807, 2.05) is 22.9 Å². The van der Waals surface area contributed by atoms with Crippen LogP contribution in [0.15, 0.2) is 48.9 Å². The molecule has 0 saturated carbocycles. The van der Waals surface area contributed by atoms with Gasteiger partial charge in [0.05, 0.1) is 10.4 Å². The van der Waals surface area contributed by atoms with Crippen molar-refractivity contribution in [2.75, 3.05) is 0 Å². The van der Waals surface area contributed by atoms with Gasteiger partial charge < -0.3 is 4.57 Å². The molecule has 0 aliphatic heterocycles. The molecule has 0 aliphatic carbocycles. The van der Waals surface area contributed by atoms with Crippen molar-refractivity contribution < 1.29 is 9.31 Å². The largest absolute Gasteiger partial charge is 0.343 e. The average molecular weight is 271 g/mol. The van der Waals surface area contributed by atoms with Crippen molar-refractivity contribution in [3.63, 3.8) is 0 Å². The van der Waals surface area contributed by atoms with E-state index in [1.165, 1.54) is 12.1 Å². The molecule has 0 spiro atoms. The number of nitro benzene ring substituents is 1. The number of benzene rings is 1. The minimum absolute atomic E-state index is 0.447. The van der Waals surface area contributed by atoms with Crippen LogP contribution < -0.4 is 0 Å². The Morgan fingerprint density at radius 2 is 2.15 bits per heavy atom. The Kier molecular flexibility index (Phi) is 2.90. The van der Waals surface area contributed by atoms with E-state index in [1.54, 1.807) is 18.5 Å². The van der Waals surface area contributed by atoms with Crippen molar-refractivity contribution in [1.82, 2.24) is 9.55 Å². The zero-order valence-electron chi connectivity index (χ0n) is 10.4. The predicted octanol–water partition coefficient (Wildman–Crippen LogP) is 3.13. The molecule has 0 unspecified atom stereocenters. The van der Waals surface area contributed by atoms with Crippen LogP contribution in [0.2, 0.25) is 0 Å². The van der Waals surface area contributed by atoms with Crippen LogP contribution in [-0.2, 0) is 6.54 Å². The summed E-state index contributed by atoms with van der Waals surface area (Å²) in [6.45, 7) is 0.447. The van der Waals surface area contributed by atoms with Crippen LogP contribution in [0.4, 0.5) is 10.1 Å². The van der Waals surface area contributed by atoms with Gasteiger partial charge in [0.2, 0.25) is 5.82 Å². The quantitative estimate of drug-likeness (QED) is 0.543. The molecule has 3 rings (SSSR count). The molecule has 100 valence electrons. The van der Waals surface area contributed by atoms with E-state index in [2.05, 4.69) is 4.98 Å². The van der Waals surface area contributed by atoms with E-state index in [9.17, 15) is 14.5 Å². The van der Waals surface area contributed by atoms with Crippen LogP contribution in [-0.4, -0.2) is 14.5 Å². The molecular weight excluding hydrogens is 261 g/mol. The molecule has 2 heterocycles. The molecule has 0 atom stereocenters. The molecule has 0 aliphatic rings. The van der Waals surface area contributed by atoms with Crippen LogP contribution in [0.1, 0.15) is 5.56 Å². The molecule has 20 heavy (non-hydrogen) atoms. The Balaban J connectivity index is 1.95. The lowest BCUT2D eigenvalue weighted by Crippen LogP contribution is -2.00. The lowest BCUT2D eigenvalue weighted by molar-refractivity contribution is -0.387. The van der Waals surface area contributed by atoms with Gasteiger partial charge in [0, 0.05) is 36.6 Å². The highest BCUT2D eigenvalue weighted by atomic mass is 19.1. The number of pyridine rings is 1. The van der Waals surface area contributed by atoms with E-state index < -0.39 is 16.4 Å². The van der Waals surface area contributed by atoms with Crippen molar-refractivity contribution in [3.8, 4) is 0 Å². The fraction of sp³-hybridized carbons (Fsp3) is 0.0714. The van der Waals surface area contributed by atoms with Crippen molar-refractivity contribution in [1.29, 1.82) is 0 Å². The molecule has 6 heteroatoms. The third-order valence-corrected chi connectivity index (χ3v) is 3.13. The Hall–Kier alpha value is -2.76. The maximum Gasteiger partial charge on any atom is 0.304 e. The lowest BCUT2D eigenvalue weighted by Gasteiger charge is -2.06. The summed E-state index contributed by atoms with van der Waals surface area (Å²) in [4.78, 5) is 13.9. The Bertz CT molecular complexity index is 798. The number of aromatic nitrogens is 2. The van der Waals surface area contributed by atoms with Gasteiger partial charge in [-0.1, -0.05) is 6.07 Å². The maximum absolute atomic E-state index is 13.6. The fourth-order valence-electron chi connectivity index (χ4n) is 2.17. The van der Waals surface area contributed by atoms with Gasteiger partial charge in [-0.3, -0.25) is 15.1 Å². The summed E-state index contributed by atoms with van der Waals surface area (Å²) >= 11 is 0. The second-order valence-electron chi connectivity index (χ2n) is 4.42. The van der Waals surface area contributed by atoms with Crippen LogP contribution in [0.5, 0.6) is 0 Å². The highest BCUT2D eigenvalue weighted by Crippen LogP contribution is 2.20. The first-order valence-electron chi connectivity index (χ1n) is 5.97. The lowest BCUT2D eigenvalue weighted by atomic mass is 10.2. The van der Waals surface area contributed by atoms with E-state index in [0.717, 1.165) is 10.9 Å². The number of nitrogens with zero attached hydrogens (tertiary/aromatic N) is 3. The molecule has 0 fully saturated rings. The predicted molar refractivity (Wildman–Crippen MR) is 71.9 cm³/mol. The fourth-order valence-corrected chi connectivity index (χ4v) is 2.17. The van der Waals surface area contributed by atoms with Gasteiger partial charge in [0.15, 0.2) is 0 Å². The molecule has 1 aromatic carbocycles. The smallest absolute Gasteiger partial charge is 0.304 e. The van der Waals surface area contributed by atoms with Gasteiger partial charge in [-0.05, 0) is 23.8 Å². The average Bonchev–Trinajstić information content (AvgIpc) is 2.82. The first-order valence-corrected chi connectivity index (χ1v) is 5.97. The summed E-state index contributed by atoms with van der Waals surface area (Å²) in [6, 6.07) is 7.75. The van der Waals surface area contributed by atoms with Crippen molar-refractivity contribution in [2.45, 2.75) is 6.54 Å². The van der Waals surface area contributed by atoms with Gasteiger partial charge in [-0.2, -0.15) is 4.39 Å². The number of rotatable bonds is 3. The summed E-state index contributed by atoms with van der Waals surface area (Å²) in [6.07, 6.45) is 5.32. The van der Waals surface area contributed by atoms with Gasteiger partial charge >= 0.3 is 5.69 Å². The molecule has 0 radical (unpaired) electrons. The topological polar surface area (TPSA) is 61.0 Å². The van der Waals surface area contributed by atoms with E-state index in [4.69, 9.17) is 0 Å². The number of hydrogen-bond donors (Lipinski definition) is 0. The Morgan fingerprint density at radius 1 is 1.30 bits per heavy atom. The zero-order valence-corrected chi connectivity index (χ0v) is 10.4. The molecule has 0 bridgehead atoms. The summed E-state index contributed by atoms with van der Waals surface area (Å²) < 4.78 is 15.5. The molecule has 2 aromatic heterocycles. The molecule has 3 aromatic rings. The number of fused-ring (bicyclic) bond motifs is 1. The Labute approximate surface area is 113 Å². The minimum atomic E-state index is -0.814. The highest BCUT2D eigenvalue weighted by Gasteiger charge is 2.14. The molecule has 0 N–H and O–H groups in total. The SMILES string of the molecule is O=[N+]([O-])c1ccc(Cn2ccc3cnccc32)cc1F. The normalized spacial score (nSPS) is 10.8. The standard InChI is InChI=1S/C14H10FN3O2/c15-12-7-10(1-2-14(12)18(19)20)9-17-6-4-11-8-16-5-3-13(11)17/h1-8H,9H2. The molecule has 0 saturated heterocycles. The Morgan fingerprint density at radius 3 is 2.90 bits per heavy atom. The summed E-state index contributed by atoms with van der Waals surface area (Å²) in [5.74, 6) is -0.814. The van der Waals surface area contributed by atoms with Gasteiger partial charge in [0.25, 0.3) is 0 Å². The van der Waals surface area contributed by atoms with Crippen LogP contribution >= 0.6 is 0 Å². The third-order valence-electron chi connectivity index (χ3n) is 3.13. The van der Waals surface area contributed by atoms with E-state index in [-0.39, 0.29) is 0 Å². The number of halogens is 1. The first kappa shape index (κ1) is 12.3. The van der Waals surface area contributed by atoms with E-state index >= 15 is 0 Å². The molecule has 0 amide bonds. The van der Waals surface area contributed by atoms with Crippen molar-refractivity contribution in [3.05, 3.63) is 70.4 Å². The number of hydrogen-bond acceptors (Lipinski definition) is 3. The van der Waals surface area contributed by atoms with Crippen molar-refractivity contribution >= 4 is 16.6 Å². The monoisotopic (exact) mass is 271 g/mol. The van der Waals surface area contributed by atoms with Crippen LogP contribution in [0, 0.1) is 15.9 Å². The summed E-state index contributed by atoms with van der Waals surface area (Å²) in [5.41, 5.74) is 1.15. The second-order valence-corrected chi connectivity index (χ2v) is 4.42. The van der Waals surface area contributed by atoms with Crippen molar-refractivity contribution in [2.24, 2.45) is 0 Å². The zero-order chi connectivity index (χ0) is 14.1. The first-order chi connectivity index (χ1) is 9.65. The van der Waals surface area contributed by atoms with Crippen LogP contribution in [0.3, 0.4) is 0 Å². The summed E-state index contributed by atoms with van der Waals surface area (Å²) in [5, 5.41) is 11.6. The maximum atomic E-state index is 13.6. The van der Waals surface area contributed by atoms with Crippen LogP contribution in [0.25, 0.3) is 10.9 Å². The van der Waals surface area contributed by atoms with Gasteiger partial charge in [-0.15, -0.1) is 0 Å². The molecule has 5 nitrogen and oxygen atoms in total. The second kappa shape index (κ2) is 4.73. The van der Waals surface area contributed by atoms with E-state index in [0.29, 0.717) is 12.1 Å². The summed E-state index contributed by atoms with van der Waals surface area (Å²) in [7, 11) is 0. The minimum Gasteiger partial charge on any atom is -0.343 e. The van der Waals surface area contributed by atoms with Gasteiger partial charge in [0.1, 0.15) is 0 Å². The third kappa shape index (κ3) is 2.11. The van der Waals surface area contributed by atoms with Gasteiger partial charge in [-0.25, -0.2) is 0 Å².